The van der Waals surface area contributed by atoms with E-state index in [9.17, 15) is 14.0 Å². The van der Waals surface area contributed by atoms with Crippen LogP contribution in [0, 0.1) is 11.7 Å². The summed E-state index contributed by atoms with van der Waals surface area (Å²) >= 11 is 6.05. The number of carbonyl (C=O) groups is 1. The van der Waals surface area contributed by atoms with Crippen molar-refractivity contribution in [2.75, 3.05) is 18.4 Å². The van der Waals surface area contributed by atoms with Gasteiger partial charge in [0.15, 0.2) is 0 Å². The Morgan fingerprint density at radius 2 is 1.84 bits per heavy atom. The number of anilines is 1. The number of rotatable bonds is 2. The molecule has 3 aromatic rings. The van der Waals surface area contributed by atoms with Crippen LogP contribution in [0.2, 0.25) is 5.02 Å². The molecule has 31 heavy (non-hydrogen) atoms. The van der Waals surface area contributed by atoms with Crippen molar-refractivity contribution in [2.24, 2.45) is 5.92 Å². The predicted octanol–water partition coefficient (Wildman–Crippen LogP) is 4.96. The van der Waals surface area contributed by atoms with E-state index in [1.165, 1.54) is 12.1 Å². The summed E-state index contributed by atoms with van der Waals surface area (Å²) in [4.78, 5) is 27.3. The van der Waals surface area contributed by atoms with Gasteiger partial charge >= 0.3 is 6.03 Å². The first-order chi connectivity index (χ1) is 15.0. The number of hydrogen-bond donors (Lipinski definition) is 1. The molecule has 1 saturated heterocycles. The molecule has 0 radical (unpaired) electrons. The molecule has 158 valence electrons. The molecule has 2 amide bonds. The molecule has 3 heterocycles. The summed E-state index contributed by atoms with van der Waals surface area (Å²) in [6.45, 7) is 1.65. The smallest absolute Gasteiger partial charge is 0.321 e. The summed E-state index contributed by atoms with van der Waals surface area (Å²) in [6.07, 6.45) is 0.924. The standard InChI is InChI=1S/C24H21ClFN3O2/c25-18-6-4-16(5-7-18)21-8-9-22(30)29-13-15-10-17(23(21)29)14-28(12-15)24(31)27-20-3-1-2-19(26)11-20/h1-9,11,15,17H,10,12-14H2,(H,27,31)/t15-,17+/m0/s1. The largest absolute Gasteiger partial charge is 0.324 e. The van der Waals surface area contributed by atoms with Gasteiger partial charge in [0.2, 0.25) is 0 Å². The molecular formula is C24H21ClFN3O2. The minimum Gasteiger partial charge on any atom is -0.324 e. The van der Waals surface area contributed by atoms with E-state index in [-0.39, 0.29) is 23.4 Å². The second kappa shape index (κ2) is 7.85. The van der Waals surface area contributed by atoms with Gasteiger partial charge in [-0.2, -0.15) is 0 Å². The van der Waals surface area contributed by atoms with Crippen LogP contribution in [0.1, 0.15) is 18.0 Å². The van der Waals surface area contributed by atoms with Gasteiger partial charge in [-0.05, 0) is 54.3 Å². The number of piperidine rings is 1. The Morgan fingerprint density at radius 3 is 2.61 bits per heavy atom. The van der Waals surface area contributed by atoms with Crippen molar-refractivity contribution in [3.63, 3.8) is 0 Å². The zero-order valence-electron chi connectivity index (χ0n) is 16.7. The molecule has 2 aliphatic heterocycles. The van der Waals surface area contributed by atoms with Crippen molar-refractivity contribution in [1.82, 2.24) is 9.47 Å². The average molecular weight is 438 g/mol. The predicted molar refractivity (Wildman–Crippen MR) is 119 cm³/mol. The van der Waals surface area contributed by atoms with E-state index in [1.807, 2.05) is 34.9 Å². The summed E-state index contributed by atoms with van der Waals surface area (Å²) in [7, 11) is 0. The zero-order valence-corrected chi connectivity index (χ0v) is 17.5. The van der Waals surface area contributed by atoms with E-state index in [4.69, 9.17) is 11.6 Å². The molecule has 1 aromatic heterocycles. The topological polar surface area (TPSA) is 54.3 Å². The molecule has 1 N–H and O–H groups in total. The summed E-state index contributed by atoms with van der Waals surface area (Å²) < 4.78 is 15.3. The van der Waals surface area contributed by atoms with Gasteiger partial charge in [-0.15, -0.1) is 0 Å². The highest BCUT2D eigenvalue weighted by Crippen LogP contribution is 2.40. The molecule has 0 unspecified atom stereocenters. The summed E-state index contributed by atoms with van der Waals surface area (Å²) in [6, 6.07) is 16.7. The maximum absolute atomic E-state index is 13.5. The molecule has 0 spiro atoms. The van der Waals surface area contributed by atoms with E-state index < -0.39 is 5.82 Å². The van der Waals surface area contributed by atoms with Crippen LogP contribution in [0.3, 0.4) is 0 Å². The molecule has 1 fully saturated rings. The Kier molecular flexibility index (Phi) is 5.02. The highest BCUT2D eigenvalue weighted by Gasteiger charge is 2.37. The van der Waals surface area contributed by atoms with Crippen LogP contribution < -0.4 is 10.9 Å². The lowest BCUT2D eigenvalue weighted by molar-refractivity contribution is 0.140. The maximum atomic E-state index is 13.5. The Balaban J connectivity index is 1.46. The fraction of sp³-hybridized carbons (Fsp3) is 0.250. The Bertz CT molecular complexity index is 1210. The van der Waals surface area contributed by atoms with Crippen LogP contribution in [0.4, 0.5) is 14.9 Å². The number of halogens is 2. The highest BCUT2D eigenvalue weighted by atomic mass is 35.5. The fourth-order valence-corrected chi connectivity index (χ4v) is 4.95. The van der Waals surface area contributed by atoms with Gasteiger partial charge in [0.25, 0.3) is 5.56 Å². The number of likely N-dealkylation sites (tertiary alicyclic amines) is 1. The van der Waals surface area contributed by atoms with Crippen LogP contribution in [-0.2, 0) is 6.54 Å². The molecule has 5 nitrogen and oxygen atoms in total. The summed E-state index contributed by atoms with van der Waals surface area (Å²) in [5.74, 6) is -0.151. The van der Waals surface area contributed by atoms with Crippen LogP contribution >= 0.6 is 11.6 Å². The number of amides is 2. The minimum atomic E-state index is -0.394. The fourth-order valence-electron chi connectivity index (χ4n) is 4.82. The van der Waals surface area contributed by atoms with Crippen molar-refractivity contribution < 1.29 is 9.18 Å². The Hall–Kier alpha value is -3.12. The third-order valence-electron chi connectivity index (χ3n) is 6.11. The van der Waals surface area contributed by atoms with Crippen molar-refractivity contribution in [3.05, 3.63) is 87.6 Å². The van der Waals surface area contributed by atoms with Gasteiger partial charge in [0, 0.05) is 53.6 Å². The number of nitrogens with zero attached hydrogens (tertiary/aromatic N) is 2. The summed E-state index contributed by atoms with van der Waals surface area (Å²) in [5.41, 5.74) is 3.37. The normalized spacial score (nSPS) is 19.6. The lowest BCUT2D eigenvalue weighted by Gasteiger charge is -2.43. The van der Waals surface area contributed by atoms with E-state index >= 15 is 0 Å². The van der Waals surface area contributed by atoms with Crippen LogP contribution in [0.5, 0.6) is 0 Å². The molecule has 5 rings (SSSR count). The second-order valence-electron chi connectivity index (χ2n) is 8.23. The molecule has 2 atom stereocenters. The first kappa shape index (κ1) is 19.8. The molecule has 2 bridgehead atoms. The van der Waals surface area contributed by atoms with Gasteiger partial charge in [0.05, 0.1) is 0 Å². The second-order valence-corrected chi connectivity index (χ2v) is 8.67. The van der Waals surface area contributed by atoms with E-state index in [2.05, 4.69) is 5.32 Å². The number of hydrogen-bond acceptors (Lipinski definition) is 2. The van der Waals surface area contributed by atoms with Crippen molar-refractivity contribution in [1.29, 1.82) is 0 Å². The number of carbonyl (C=O) groups excluding carboxylic acids is 1. The van der Waals surface area contributed by atoms with E-state index in [0.717, 1.165) is 23.2 Å². The van der Waals surface area contributed by atoms with Gasteiger partial charge < -0.3 is 14.8 Å². The number of fused-ring (bicyclic) bond motifs is 4. The monoisotopic (exact) mass is 437 g/mol. The first-order valence-electron chi connectivity index (χ1n) is 10.3. The quantitative estimate of drug-likeness (QED) is 0.616. The van der Waals surface area contributed by atoms with E-state index in [1.54, 1.807) is 23.1 Å². The maximum Gasteiger partial charge on any atom is 0.321 e. The Labute approximate surface area is 184 Å². The molecule has 2 aromatic carbocycles. The SMILES string of the molecule is O=C(Nc1cccc(F)c1)N1C[C@@H]2C[C@H](C1)c1c(-c3ccc(Cl)cc3)ccc(=O)n1C2. The molecule has 7 heteroatoms. The van der Waals surface area contributed by atoms with Crippen molar-refractivity contribution in [2.45, 2.75) is 18.9 Å². The minimum absolute atomic E-state index is 0.0138. The lowest BCUT2D eigenvalue weighted by atomic mass is 9.80. The Morgan fingerprint density at radius 1 is 1.03 bits per heavy atom. The van der Waals surface area contributed by atoms with E-state index in [0.29, 0.717) is 30.3 Å². The average Bonchev–Trinajstić information content (AvgIpc) is 2.75. The number of pyridine rings is 1. The van der Waals surface area contributed by atoms with Crippen molar-refractivity contribution >= 4 is 23.3 Å². The molecule has 2 aliphatic rings. The molecule has 0 aliphatic carbocycles. The van der Waals surface area contributed by atoms with Gasteiger partial charge in [-0.25, -0.2) is 9.18 Å². The number of urea groups is 1. The first-order valence-corrected chi connectivity index (χ1v) is 10.7. The highest BCUT2D eigenvalue weighted by molar-refractivity contribution is 6.30. The zero-order chi connectivity index (χ0) is 21.5. The van der Waals surface area contributed by atoms with Crippen molar-refractivity contribution in [3.8, 4) is 11.1 Å². The van der Waals surface area contributed by atoms with Gasteiger partial charge in [-0.3, -0.25) is 4.79 Å². The van der Waals surface area contributed by atoms with Crippen LogP contribution in [0.25, 0.3) is 11.1 Å². The molecule has 0 saturated carbocycles. The number of aromatic nitrogens is 1. The van der Waals surface area contributed by atoms with Gasteiger partial charge in [-0.1, -0.05) is 29.8 Å². The molecular weight excluding hydrogens is 417 g/mol. The van der Waals surface area contributed by atoms with Gasteiger partial charge in [0.1, 0.15) is 5.82 Å². The lowest BCUT2D eigenvalue weighted by Crippen LogP contribution is -2.50. The third-order valence-corrected chi connectivity index (χ3v) is 6.36. The number of benzene rings is 2. The summed E-state index contributed by atoms with van der Waals surface area (Å²) in [5, 5.41) is 3.45. The third kappa shape index (κ3) is 3.83. The van der Waals surface area contributed by atoms with Crippen LogP contribution in [-0.4, -0.2) is 28.6 Å². The van der Waals surface area contributed by atoms with Crippen LogP contribution in [0.15, 0.2) is 65.5 Å². The number of nitrogens with one attached hydrogen (secondary N) is 1.